The van der Waals surface area contributed by atoms with E-state index in [0.29, 0.717) is 11.7 Å². The molecule has 3 saturated heterocycles. The Morgan fingerprint density at radius 2 is 1.95 bits per heavy atom. The zero-order valence-electron chi connectivity index (χ0n) is 12.6. The molecule has 5 nitrogen and oxygen atoms in total. The van der Waals surface area contributed by atoms with Crippen LogP contribution in [0.15, 0.2) is 18.2 Å². The van der Waals surface area contributed by atoms with Gasteiger partial charge in [0.2, 0.25) is 10.0 Å². The van der Waals surface area contributed by atoms with E-state index in [4.69, 9.17) is 0 Å². The first-order valence-electron chi connectivity index (χ1n) is 7.48. The van der Waals surface area contributed by atoms with E-state index in [-0.39, 0.29) is 0 Å². The highest BCUT2D eigenvalue weighted by molar-refractivity contribution is 7.92. The van der Waals surface area contributed by atoms with Crippen LogP contribution in [0.3, 0.4) is 0 Å². The van der Waals surface area contributed by atoms with E-state index in [9.17, 15) is 8.42 Å². The quantitative estimate of drug-likeness (QED) is 0.891. The second-order valence-corrected chi connectivity index (χ2v) is 8.04. The summed E-state index contributed by atoms with van der Waals surface area (Å²) in [6.45, 7) is 5.51. The van der Waals surface area contributed by atoms with Gasteiger partial charge in [-0.15, -0.1) is 0 Å². The first-order chi connectivity index (χ1) is 9.90. The van der Waals surface area contributed by atoms with E-state index in [1.807, 2.05) is 25.1 Å². The Kier molecular flexibility index (Phi) is 3.84. The van der Waals surface area contributed by atoms with Crippen molar-refractivity contribution in [3.05, 3.63) is 23.8 Å². The number of nitrogens with zero attached hydrogens (tertiary/aromatic N) is 1. The molecule has 116 valence electrons. The highest BCUT2D eigenvalue weighted by atomic mass is 32.2. The maximum atomic E-state index is 11.3. The molecule has 3 aliphatic rings. The molecule has 21 heavy (non-hydrogen) atoms. The van der Waals surface area contributed by atoms with Gasteiger partial charge in [-0.1, -0.05) is 0 Å². The topological polar surface area (TPSA) is 61.4 Å². The van der Waals surface area contributed by atoms with Crippen LogP contribution in [0, 0.1) is 12.8 Å². The summed E-state index contributed by atoms with van der Waals surface area (Å²) in [5.74, 6) is 0.768. The minimum absolute atomic E-state index is 0.514. The summed E-state index contributed by atoms with van der Waals surface area (Å²) in [5, 5.41) is 3.62. The number of fused-ring (bicyclic) bond motifs is 3. The molecule has 6 heteroatoms. The Labute approximate surface area is 126 Å². The molecule has 1 aromatic rings. The Morgan fingerprint density at radius 3 is 2.48 bits per heavy atom. The molecule has 2 bridgehead atoms. The van der Waals surface area contributed by atoms with Crippen LogP contribution in [0.1, 0.15) is 18.4 Å². The fourth-order valence-electron chi connectivity index (χ4n) is 3.41. The van der Waals surface area contributed by atoms with Crippen molar-refractivity contribution in [2.45, 2.75) is 25.8 Å². The van der Waals surface area contributed by atoms with Gasteiger partial charge in [0.1, 0.15) is 0 Å². The Bertz CT molecular complexity index is 622. The van der Waals surface area contributed by atoms with Crippen molar-refractivity contribution >= 4 is 21.4 Å². The predicted octanol–water partition coefficient (Wildman–Crippen LogP) is 1.87. The standard InChI is InChI=1S/C15H23N3O2S/c1-11-9-13(3-4-14(11)17-21(2,19)20)16-15-10-18-7-5-12(15)6-8-18/h3-4,9,12,15-17H,5-8,10H2,1-2H3. The van der Waals surface area contributed by atoms with Gasteiger partial charge in [-0.05, 0) is 62.5 Å². The van der Waals surface area contributed by atoms with Crippen LogP contribution in [0.25, 0.3) is 0 Å². The SMILES string of the molecule is Cc1cc(NC2CN3CCC2CC3)ccc1NS(C)(=O)=O. The molecular formula is C15H23N3O2S. The van der Waals surface area contributed by atoms with E-state index >= 15 is 0 Å². The fraction of sp³-hybridized carbons (Fsp3) is 0.600. The number of aryl methyl sites for hydroxylation is 1. The third-order valence-electron chi connectivity index (χ3n) is 4.53. The van der Waals surface area contributed by atoms with Crippen LogP contribution in [0.4, 0.5) is 11.4 Å². The monoisotopic (exact) mass is 309 g/mol. The van der Waals surface area contributed by atoms with Gasteiger partial charge in [-0.3, -0.25) is 4.72 Å². The molecule has 1 unspecified atom stereocenters. The van der Waals surface area contributed by atoms with Crippen molar-refractivity contribution in [2.24, 2.45) is 5.92 Å². The van der Waals surface area contributed by atoms with Crippen LogP contribution in [0.2, 0.25) is 0 Å². The number of benzene rings is 1. The lowest BCUT2D eigenvalue weighted by molar-refractivity contribution is 0.0975. The fourth-order valence-corrected chi connectivity index (χ4v) is 4.04. The zero-order valence-corrected chi connectivity index (χ0v) is 13.4. The summed E-state index contributed by atoms with van der Waals surface area (Å²) < 4.78 is 25.2. The number of hydrogen-bond donors (Lipinski definition) is 2. The number of piperidine rings is 3. The molecular weight excluding hydrogens is 286 g/mol. The summed E-state index contributed by atoms with van der Waals surface area (Å²) in [6.07, 6.45) is 3.74. The molecule has 2 N–H and O–H groups in total. The maximum absolute atomic E-state index is 11.3. The number of rotatable bonds is 4. The summed E-state index contributed by atoms with van der Waals surface area (Å²) in [7, 11) is -3.22. The Balaban J connectivity index is 1.71. The lowest BCUT2D eigenvalue weighted by Gasteiger charge is -2.45. The van der Waals surface area contributed by atoms with Crippen LogP contribution in [-0.4, -0.2) is 45.2 Å². The van der Waals surface area contributed by atoms with Crippen molar-refractivity contribution in [2.75, 3.05) is 35.9 Å². The summed E-state index contributed by atoms with van der Waals surface area (Å²) >= 11 is 0. The van der Waals surface area contributed by atoms with Crippen molar-refractivity contribution < 1.29 is 8.42 Å². The maximum Gasteiger partial charge on any atom is 0.229 e. The highest BCUT2D eigenvalue weighted by Crippen LogP contribution is 2.30. The second kappa shape index (κ2) is 5.50. The van der Waals surface area contributed by atoms with E-state index in [2.05, 4.69) is 14.9 Å². The van der Waals surface area contributed by atoms with Gasteiger partial charge in [0.25, 0.3) is 0 Å². The average Bonchev–Trinajstić information content (AvgIpc) is 2.42. The first-order valence-corrected chi connectivity index (χ1v) is 9.37. The van der Waals surface area contributed by atoms with Crippen LogP contribution >= 0.6 is 0 Å². The lowest BCUT2D eigenvalue weighted by Crippen LogP contribution is -2.53. The minimum Gasteiger partial charge on any atom is -0.381 e. The number of nitrogens with one attached hydrogen (secondary N) is 2. The molecule has 0 amide bonds. The molecule has 0 radical (unpaired) electrons. The van der Waals surface area contributed by atoms with E-state index in [1.54, 1.807) is 0 Å². The van der Waals surface area contributed by atoms with Crippen molar-refractivity contribution in [1.29, 1.82) is 0 Å². The van der Waals surface area contributed by atoms with Gasteiger partial charge in [0, 0.05) is 18.3 Å². The smallest absolute Gasteiger partial charge is 0.229 e. The van der Waals surface area contributed by atoms with Crippen molar-refractivity contribution in [3.63, 3.8) is 0 Å². The number of sulfonamides is 1. The van der Waals surface area contributed by atoms with Crippen LogP contribution in [-0.2, 0) is 10.0 Å². The number of hydrogen-bond acceptors (Lipinski definition) is 4. The first kappa shape index (κ1) is 14.7. The third-order valence-corrected chi connectivity index (χ3v) is 5.12. The van der Waals surface area contributed by atoms with Gasteiger partial charge in [-0.2, -0.15) is 0 Å². The summed E-state index contributed by atoms with van der Waals surface area (Å²) in [6, 6.07) is 6.32. The van der Waals surface area contributed by atoms with Crippen LogP contribution < -0.4 is 10.0 Å². The zero-order chi connectivity index (χ0) is 15.0. The van der Waals surface area contributed by atoms with E-state index < -0.39 is 10.0 Å². The predicted molar refractivity (Wildman–Crippen MR) is 86.2 cm³/mol. The third kappa shape index (κ3) is 3.49. The van der Waals surface area contributed by atoms with E-state index in [1.165, 1.54) is 32.2 Å². The molecule has 3 fully saturated rings. The largest absolute Gasteiger partial charge is 0.381 e. The van der Waals surface area contributed by atoms with E-state index in [0.717, 1.165) is 23.7 Å². The van der Waals surface area contributed by atoms with Crippen molar-refractivity contribution in [1.82, 2.24) is 4.90 Å². The average molecular weight is 309 g/mol. The molecule has 0 saturated carbocycles. The molecule has 3 aliphatic heterocycles. The molecule has 0 aromatic heterocycles. The molecule has 1 aromatic carbocycles. The van der Waals surface area contributed by atoms with Gasteiger partial charge < -0.3 is 10.2 Å². The summed E-state index contributed by atoms with van der Waals surface area (Å²) in [5.41, 5.74) is 2.66. The molecule has 0 spiro atoms. The molecule has 0 aliphatic carbocycles. The second-order valence-electron chi connectivity index (χ2n) is 6.29. The van der Waals surface area contributed by atoms with Gasteiger partial charge in [0.05, 0.1) is 11.9 Å². The number of anilines is 2. The summed E-state index contributed by atoms with van der Waals surface area (Å²) in [4.78, 5) is 2.52. The molecule has 1 atom stereocenters. The molecule has 4 rings (SSSR count). The Morgan fingerprint density at radius 1 is 1.24 bits per heavy atom. The lowest BCUT2D eigenvalue weighted by atomic mass is 9.84. The Hall–Kier alpha value is -1.27. The normalized spacial score (nSPS) is 28.4. The van der Waals surface area contributed by atoms with Crippen LogP contribution in [0.5, 0.6) is 0 Å². The van der Waals surface area contributed by atoms with Gasteiger partial charge >= 0.3 is 0 Å². The van der Waals surface area contributed by atoms with Crippen molar-refractivity contribution in [3.8, 4) is 0 Å². The minimum atomic E-state index is -3.22. The van der Waals surface area contributed by atoms with Gasteiger partial charge in [0.15, 0.2) is 0 Å². The molecule has 3 heterocycles. The van der Waals surface area contributed by atoms with Gasteiger partial charge in [-0.25, -0.2) is 8.42 Å². The highest BCUT2D eigenvalue weighted by Gasteiger charge is 2.33.